The Morgan fingerprint density at radius 2 is 1.12 bits per heavy atom. The molecule has 0 aliphatic heterocycles. The molecule has 5 aromatic rings. The molecule has 1 heterocycles. The Bertz CT molecular complexity index is 1380. The topological polar surface area (TPSA) is 50.9 Å². The summed E-state index contributed by atoms with van der Waals surface area (Å²) in [7, 11) is 0. The monoisotopic (exact) mass is 447 g/mol. The third kappa shape index (κ3) is 3.75. The van der Waals surface area contributed by atoms with Crippen LogP contribution in [0.5, 0.6) is 0 Å². The normalized spacial score (nSPS) is 12.2. The molecular formula is C30H29N3O. The van der Waals surface area contributed by atoms with Gasteiger partial charge in [-0.05, 0) is 38.8 Å². The molecule has 170 valence electrons. The minimum absolute atomic E-state index is 0.207. The Morgan fingerprint density at radius 1 is 0.588 bits per heavy atom. The van der Waals surface area contributed by atoms with Crippen molar-refractivity contribution in [1.29, 1.82) is 0 Å². The molecule has 0 aliphatic carbocycles. The van der Waals surface area contributed by atoms with Crippen molar-refractivity contribution in [3.63, 3.8) is 0 Å². The first-order valence-electron chi connectivity index (χ1n) is 11.6. The van der Waals surface area contributed by atoms with Gasteiger partial charge in [0, 0.05) is 16.4 Å². The number of benzene rings is 4. The molecule has 34 heavy (non-hydrogen) atoms. The highest BCUT2D eigenvalue weighted by Crippen LogP contribution is 2.40. The first kappa shape index (κ1) is 21.9. The van der Waals surface area contributed by atoms with E-state index in [0.29, 0.717) is 16.0 Å². The van der Waals surface area contributed by atoms with Crippen LogP contribution in [0, 0.1) is 0 Å². The number of aromatic nitrogens is 3. The summed E-state index contributed by atoms with van der Waals surface area (Å²) in [6.45, 7) is 9.08. The van der Waals surface area contributed by atoms with Crippen LogP contribution in [-0.2, 0) is 10.8 Å². The third-order valence-corrected chi connectivity index (χ3v) is 7.08. The summed E-state index contributed by atoms with van der Waals surface area (Å²) in [5.74, 6) is 0. The van der Waals surface area contributed by atoms with Gasteiger partial charge in [-0.1, -0.05) is 119 Å². The summed E-state index contributed by atoms with van der Waals surface area (Å²) in [5, 5.41) is 18.2. The molecule has 0 unspecified atom stereocenters. The van der Waals surface area contributed by atoms with E-state index in [1.807, 2.05) is 18.2 Å². The van der Waals surface area contributed by atoms with Gasteiger partial charge >= 0.3 is 0 Å². The zero-order valence-corrected chi connectivity index (χ0v) is 20.0. The lowest BCUT2D eigenvalue weighted by Gasteiger charge is -2.32. The molecule has 0 spiro atoms. The number of hydrogen-bond acceptors (Lipinski definition) is 3. The zero-order valence-electron chi connectivity index (χ0n) is 20.0. The lowest BCUT2D eigenvalue weighted by atomic mass is 9.72. The van der Waals surface area contributed by atoms with E-state index in [4.69, 9.17) is 0 Å². The molecule has 4 nitrogen and oxygen atoms in total. The van der Waals surface area contributed by atoms with Crippen molar-refractivity contribution in [2.75, 3.05) is 0 Å². The van der Waals surface area contributed by atoms with Crippen LogP contribution in [-0.4, -0.2) is 20.4 Å². The van der Waals surface area contributed by atoms with Gasteiger partial charge in [0.25, 0.3) is 0 Å². The summed E-state index contributed by atoms with van der Waals surface area (Å²) in [6, 6.07) is 34.0. The van der Waals surface area contributed by atoms with Gasteiger partial charge in [0.05, 0.1) is 0 Å². The summed E-state index contributed by atoms with van der Waals surface area (Å²) < 4.78 is 0. The number of rotatable bonds is 5. The predicted molar refractivity (Wildman–Crippen MR) is 137 cm³/mol. The van der Waals surface area contributed by atoms with Crippen LogP contribution >= 0.6 is 0 Å². The van der Waals surface area contributed by atoms with Crippen LogP contribution in [0.2, 0.25) is 0 Å². The van der Waals surface area contributed by atoms with Crippen LogP contribution < -0.4 is 0 Å². The number of hydrogen-bond donors (Lipinski definition) is 1. The second kappa shape index (κ2) is 8.14. The second-order valence-corrected chi connectivity index (χ2v) is 9.92. The quantitative estimate of drug-likeness (QED) is 0.296. The minimum Gasteiger partial charge on any atom is -0.396 e. The molecule has 0 atom stereocenters. The van der Waals surface area contributed by atoms with Crippen molar-refractivity contribution in [3.05, 3.63) is 119 Å². The second-order valence-electron chi connectivity index (χ2n) is 9.92. The van der Waals surface area contributed by atoms with Crippen molar-refractivity contribution >= 4 is 11.0 Å². The van der Waals surface area contributed by atoms with Crippen LogP contribution in [0.15, 0.2) is 97.1 Å². The average molecular weight is 448 g/mol. The molecule has 1 aromatic heterocycles. The van der Waals surface area contributed by atoms with Crippen molar-refractivity contribution in [2.45, 2.75) is 38.5 Å². The average Bonchev–Trinajstić information content (AvgIpc) is 3.25. The Labute approximate surface area is 200 Å². The SMILES string of the molecule is CC(C)(c1ccccc1)c1cc(-c2cccc3nn(O)nc23)cc(C(C)(C)c2ccccc2)c1. The highest BCUT2D eigenvalue weighted by Gasteiger charge is 2.29. The fraction of sp³-hybridized carbons (Fsp3) is 0.200. The molecular weight excluding hydrogens is 418 g/mol. The Balaban J connectivity index is 1.77. The Hall–Kier alpha value is -3.92. The van der Waals surface area contributed by atoms with Gasteiger partial charge in [0.1, 0.15) is 11.0 Å². The fourth-order valence-electron chi connectivity index (χ4n) is 4.71. The zero-order chi connectivity index (χ0) is 23.9. The highest BCUT2D eigenvalue weighted by atomic mass is 16.5. The van der Waals surface area contributed by atoms with Crippen molar-refractivity contribution in [3.8, 4) is 11.1 Å². The molecule has 0 fully saturated rings. The molecule has 1 N–H and O–H groups in total. The molecule has 0 saturated carbocycles. The third-order valence-electron chi connectivity index (χ3n) is 7.08. The fourth-order valence-corrected chi connectivity index (χ4v) is 4.71. The largest absolute Gasteiger partial charge is 0.396 e. The van der Waals surface area contributed by atoms with E-state index in [0.717, 1.165) is 11.1 Å². The van der Waals surface area contributed by atoms with Gasteiger partial charge in [0.2, 0.25) is 0 Å². The molecule has 4 heteroatoms. The maximum atomic E-state index is 9.89. The smallest absolute Gasteiger partial charge is 0.124 e. The van der Waals surface area contributed by atoms with Crippen LogP contribution in [0.3, 0.4) is 0 Å². The van der Waals surface area contributed by atoms with Crippen LogP contribution in [0.1, 0.15) is 49.9 Å². The first-order valence-corrected chi connectivity index (χ1v) is 11.6. The van der Waals surface area contributed by atoms with Gasteiger partial charge in [-0.3, -0.25) is 0 Å². The maximum Gasteiger partial charge on any atom is 0.124 e. The van der Waals surface area contributed by atoms with E-state index in [1.165, 1.54) is 22.3 Å². The molecule has 4 aromatic carbocycles. The summed E-state index contributed by atoms with van der Waals surface area (Å²) >= 11 is 0. The van der Waals surface area contributed by atoms with Gasteiger partial charge in [-0.2, -0.15) is 0 Å². The lowest BCUT2D eigenvalue weighted by molar-refractivity contribution is 0.113. The van der Waals surface area contributed by atoms with Gasteiger partial charge in [-0.15, -0.1) is 10.2 Å². The van der Waals surface area contributed by atoms with E-state index >= 15 is 0 Å². The Kier molecular flexibility index (Phi) is 5.24. The van der Waals surface area contributed by atoms with Crippen LogP contribution in [0.4, 0.5) is 0 Å². The molecule has 0 aliphatic rings. The molecule has 0 saturated heterocycles. The van der Waals surface area contributed by atoms with Gasteiger partial charge in [-0.25, -0.2) is 0 Å². The first-order chi connectivity index (χ1) is 16.3. The highest BCUT2D eigenvalue weighted by molar-refractivity contribution is 5.91. The predicted octanol–water partition coefficient (Wildman–Crippen LogP) is 6.99. The van der Waals surface area contributed by atoms with Gasteiger partial charge < -0.3 is 5.21 Å². The molecule has 0 bridgehead atoms. The number of nitrogens with zero attached hydrogens (tertiary/aromatic N) is 3. The van der Waals surface area contributed by atoms with E-state index in [1.54, 1.807) is 0 Å². The summed E-state index contributed by atoms with van der Waals surface area (Å²) in [5.41, 5.74) is 7.92. The van der Waals surface area contributed by atoms with Crippen molar-refractivity contribution < 1.29 is 5.21 Å². The molecule has 0 radical (unpaired) electrons. The van der Waals surface area contributed by atoms with Crippen molar-refractivity contribution in [2.24, 2.45) is 0 Å². The standard InChI is InChI=1S/C30H29N3O/c1-29(2,22-12-7-5-8-13-22)24-18-21(26-16-11-17-27-28(26)32-33(34)31-27)19-25(20-24)30(3,4)23-14-9-6-10-15-23/h5-20,34H,1-4H3. The van der Waals surface area contributed by atoms with E-state index in [9.17, 15) is 5.21 Å². The molecule has 0 amide bonds. The van der Waals surface area contributed by atoms with E-state index in [-0.39, 0.29) is 10.8 Å². The minimum atomic E-state index is -0.207. The van der Waals surface area contributed by atoms with Gasteiger partial charge in [0.15, 0.2) is 0 Å². The van der Waals surface area contributed by atoms with Crippen LogP contribution in [0.25, 0.3) is 22.2 Å². The van der Waals surface area contributed by atoms with E-state index in [2.05, 4.69) is 117 Å². The van der Waals surface area contributed by atoms with E-state index < -0.39 is 0 Å². The summed E-state index contributed by atoms with van der Waals surface area (Å²) in [6.07, 6.45) is 0. The maximum absolute atomic E-state index is 9.89. The summed E-state index contributed by atoms with van der Waals surface area (Å²) in [4.78, 5) is 0.654. The lowest BCUT2D eigenvalue weighted by Crippen LogP contribution is -2.23. The Morgan fingerprint density at radius 3 is 1.65 bits per heavy atom. The molecule has 5 rings (SSSR count). The van der Waals surface area contributed by atoms with Crippen molar-refractivity contribution in [1.82, 2.24) is 15.2 Å². The number of fused-ring (bicyclic) bond motifs is 1.